The molecule has 0 radical (unpaired) electrons. The van der Waals surface area contributed by atoms with Crippen LogP contribution in [0.1, 0.15) is 12.8 Å². The van der Waals surface area contributed by atoms with Crippen LogP contribution in [0, 0.1) is 0 Å². The summed E-state index contributed by atoms with van der Waals surface area (Å²) in [6, 6.07) is 0. The predicted molar refractivity (Wildman–Crippen MR) is 35.5 cm³/mol. The van der Waals surface area contributed by atoms with Crippen LogP contribution in [0.5, 0.6) is 0 Å². The minimum absolute atomic E-state index is 2.00. The van der Waals surface area contributed by atoms with Gasteiger partial charge in [0.25, 0.3) is 5.67 Å². The summed E-state index contributed by atoms with van der Waals surface area (Å²) in [4.78, 5) is 0. The fraction of sp³-hybridized carbons (Fsp3) is 0.714. The van der Waals surface area contributed by atoms with E-state index in [1.54, 1.807) is 0 Å². The van der Waals surface area contributed by atoms with Gasteiger partial charge in [-0.05, 0) is 0 Å². The lowest BCUT2D eigenvalue weighted by atomic mass is 9.98. The van der Waals surface area contributed by atoms with Gasteiger partial charge in [-0.1, -0.05) is 0 Å². The Hall–Kier alpha value is -0.960. The highest BCUT2D eigenvalue weighted by atomic mass is 19.4. The molecule has 17 heavy (non-hydrogen) atoms. The first kappa shape index (κ1) is 16.0. The van der Waals surface area contributed by atoms with Crippen LogP contribution in [0.25, 0.3) is 0 Å². The lowest BCUT2D eigenvalue weighted by Crippen LogP contribution is -2.53. The Morgan fingerprint density at radius 2 is 1.06 bits per heavy atom. The molecule has 0 aliphatic carbocycles. The summed E-state index contributed by atoms with van der Waals surface area (Å²) in [6.07, 6.45) is -20.3. The Labute approximate surface area is 87.9 Å². The first-order chi connectivity index (χ1) is 7.33. The van der Waals surface area contributed by atoms with Crippen molar-refractivity contribution in [3.63, 3.8) is 0 Å². The smallest absolute Gasteiger partial charge is 0.224 e. The zero-order valence-corrected chi connectivity index (χ0v) is 7.69. The molecule has 0 aliphatic heterocycles. The molecule has 0 unspecified atom stereocenters. The van der Waals surface area contributed by atoms with E-state index in [4.69, 9.17) is 0 Å². The topological polar surface area (TPSA) is 0 Å². The predicted octanol–water partition coefficient (Wildman–Crippen LogP) is 4.68. The van der Waals surface area contributed by atoms with Crippen LogP contribution in [-0.4, -0.2) is 18.0 Å². The maximum Gasteiger partial charge on any atom is 0.431 e. The van der Waals surface area contributed by atoms with Crippen molar-refractivity contribution < 1.29 is 43.9 Å². The molecule has 0 N–H and O–H groups in total. The van der Waals surface area contributed by atoms with Gasteiger partial charge in [0.2, 0.25) is 0 Å². The van der Waals surface area contributed by atoms with Gasteiger partial charge in [0, 0.05) is 12.8 Å². The molecule has 0 aromatic carbocycles. The number of hydrogen-bond donors (Lipinski definition) is 0. The summed E-state index contributed by atoms with van der Waals surface area (Å²) in [5, 5.41) is 0. The molecule has 0 aromatic rings. The minimum Gasteiger partial charge on any atom is -0.224 e. The zero-order chi connectivity index (χ0) is 14.1. The minimum atomic E-state index is -6.36. The van der Waals surface area contributed by atoms with Crippen LogP contribution >= 0.6 is 0 Å². The molecule has 0 aliphatic rings. The van der Waals surface area contributed by atoms with E-state index in [0.29, 0.717) is 0 Å². The maximum atomic E-state index is 12.7. The molecule has 102 valence electrons. The second kappa shape index (κ2) is 4.73. The van der Waals surface area contributed by atoms with Crippen LogP contribution < -0.4 is 0 Å². The Balaban J connectivity index is 5.08. The van der Waals surface area contributed by atoms with Gasteiger partial charge in [0.15, 0.2) is 5.83 Å². The summed E-state index contributed by atoms with van der Waals surface area (Å²) in [6.45, 7) is 0. The van der Waals surface area contributed by atoms with E-state index in [-0.39, 0.29) is 0 Å². The van der Waals surface area contributed by atoms with Crippen LogP contribution in [0.2, 0.25) is 0 Å². The fourth-order valence-electron chi connectivity index (χ4n) is 0.821. The normalized spacial score (nSPS) is 13.8. The van der Waals surface area contributed by atoms with E-state index in [0.717, 1.165) is 0 Å². The Kier molecular flexibility index (Phi) is 4.46. The van der Waals surface area contributed by atoms with E-state index in [2.05, 4.69) is 0 Å². The molecule has 0 bridgehead atoms. The molecule has 0 spiro atoms. The summed E-state index contributed by atoms with van der Waals surface area (Å²) in [5.41, 5.74) is -5.72. The third-order valence-corrected chi connectivity index (χ3v) is 1.79. The van der Waals surface area contributed by atoms with Gasteiger partial charge < -0.3 is 0 Å². The van der Waals surface area contributed by atoms with Gasteiger partial charge in [-0.2, -0.15) is 35.1 Å². The quantitative estimate of drug-likeness (QED) is 0.658. The largest absolute Gasteiger partial charge is 0.431 e. The SMILES string of the molecule is FC(F)=C(F)CCC(F)(C(F)(F)F)C(F)(F)F. The molecule has 0 atom stereocenters. The van der Waals surface area contributed by atoms with Crippen LogP contribution in [0.3, 0.4) is 0 Å². The summed E-state index contributed by atoms with van der Waals surface area (Å²) < 4.78 is 119. The van der Waals surface area contributed by atoms with Crippen molar-refractivity contribution in [1.29, 1.82) is 0 Å². The van der Waals surface area contributed by atoms with Crippen molar-refractivity contribution in [3.05, 3.63) is 11.9 Å². The van der Waals surface area contributed by atoms with Crippen molar-refractivity contribution in [2.75, 3.05) is 0 Å². The fourth-order valence-corrected chi connectivity index (χ4v) is 0.821. The van der Waals surface area contributed by atoms with Gasteiger partial charge in [-0.3, -0.25) is 0 Å². The molecular weight excluding hydrogens is 274 g/mol. The number of rotatable bonds is 3. The Morgan fingerprint density at radius 1 is 0.706 bits per heavy atom. The molecule has 0 aromatic heterocycles. The van der Waals surface area contributed by atoms with Crippen LogP contribution in [0.15, 0.2) is 11.9 Å². The highest BCUT2D eigenvalue weighted by molar-refractivity contribution is 5.00. The van der Waals surface area contributed by atoms with Crippen LogP contribution in [-0.2, 0) is 0 Å². The van der Waals surface area contributed by atoms with Gasteiger partial charge >= 0.3 is 18.4 Å². The summed E-state index contributed by atoms with van der Waals surface area (Å²) in [5.74, 6) is -2.51. The first-order valence-electron chi connectivity index (χ1n) is 3.85. The third-order valence-electron chi connectivity index (χ3n) is 1.79. The van der Waals surface area contributed by atoms with Crippen molar-refractivity contribution in [2.24, 2.45) is 0 Å². The highest BCUT2D eigenvalue weighted by Gasteiger charge is 2.71. The van der Waals surface area contributed by atoms with Gasteiger partial charge in [-0.15, -0.1) is 0 Å². The first-order valence-corrected chi connectivity index (χ1v) is 3.85. The molecular formula is C7H4F10. The number of halogens is 10. The molecule has 0 nitrogen and oxygen atoms in total. The van der Waals surface area contributed by atoms with Gasteiger partial charge in [0.05, 0.1) is 0 Å². The third kappa shape index (κ3) is 3.50. The van der Waals surface area contributed by atoms with E-state index in [1.165, 1.54) is 0 Å². The monoisotopic (exact) mass is 278 g/mol. The van der Waals surface area contributed by atoms with Crippen molar-refractivity contribution in [3.8, 4) is 0 Å². The Bertz CT molecular complexity index is 277. The Morgan fingerprint density at radius 3 is 1.29 bits per heavy atom. The molecule has 0 heterocycles. The van der Waals surface area contributed by atoms with E-state index in [9.17, 15) is 43.9 Å². The number of alkyl halides is 7. The highest BCUT2D eigenvalue weighted by Crippen LogP contribution is 2.49. The van der Waals surface area contributed by atoms with Gasteiger partial charge in [0.1, 0.15) is 0 Å². The molecule has 0 saturated carbocycles. The molecule has 0 rings (SSSR count). The van der Waals surface area contributed by atoms with Gasteiger partial charge in [-0.25, -0.2) is 8.78 Å². The zero-order valence-electron chi connectivity index (χ0n) is 7.69. The molecule has 0 fully saturated rings. The maximum absolute atomic E-state index is 12.7. The average Bonchev–Trinajstić information content (AvgIpc) is 2.09. The lowest BCUT2D eigenvalue weighted by Gasteiger charge is -2.29. The summed E-state index contributed by atoms with van der Waals surface area (Å²) >= 11 is 0. The van der Waals surface area contributed by atoms with Crippen molar-refractivity contribution >= 4 is 0 Å². The molecule has 0 saturated heterocycles. The second-order valence-electron chi connectivity index (χ2n) is 2.96. The second-order valence-corrected chi connectivity index (χ2v) is 2.96. The van der Waals surface area contributed by atoms with Crippen molar-refractivity contribution in [1.82, 2.24) is 0 Å². The number of allylic oxidation sites excluding steroid dienone is 1. The van der Waals surface area contributed by atoms with E-state index >= 15 is 0 Å². The lowest BCUT2D eigenvalue weighted by molar-refractivity contribution is -0.343. The average molecular weight is 278 g/mol. The number of hydrogen-bond acceptors (Lipinski definition) is 0. The van der Waals surface area contributed by atoms with Crippen molar-refractivity contribution in [2.45, 2.75) is 30.9 Å². The van der Waals surface area contributed by atoms with E-state index < -0.39 is 42.8 Å². The molecule has 0 amide bonds. The van der Waals surface area contributed by atoms with Crippen LogP contribution in [0.4, 0.5) is 43.9 Å². The summed E-state index contributed by atoms with van der Waals surface area (Å²) in [7, 11) is 0. The standard InChI is InChI=1S/C7H4F10/c8-3(4(9)10)1-2-5(11,6(12,13)14)7(15,16)17/h1-2H2. The molecule has 10 heteroatoms. The van der Waals surface area contributed by atoms with E-state index in [1.807, 2.05) is 0 Å².